The average molecular weight is 184 g/mol. The van der Waals surface area contributed by atoms with Crippen molar-refractivity contribution in [3.05, 3.63) is 0 Å². The normalized spacial score (nSPS) is 8.70. The number of carbonyl (C=O) groups excluding carboxylic acids is 1. The second-order valence-electron chi connectivity index (χ2n) is 1.03. The van der Waals surface area contributed by atoms with Crippen molar-refractivity contribution in [3.8, 4) is 0 Å². The molecule has 0 saturated carbocycles. The smallest absolute Gasteiger partial charge is 0.780 e. The molecule has 0 radical (unpaired) electrons. The Bertz CT molecular complexity index is 143. The average Bonchev–Trinajstić information content (AvgIpc) is 1.21. The number of hydrogen-bond donors (Lipinski definition) is 0. The first-order valence-electron chi connectivity index (χ1n) is 1.64. The van der Waals surface area contributed by atoms with Crippen molar-refractivity contribution in [1.82, 2.24) is 0 Å². The van der Waals surface area contributed by atoms with Gasteiger partial charge in [0.2, 0.25) is 0 Å². The van der Waals surface area contributed by atoms with Crippen LogP contribution in [-0.2, 0) is 13.9 Å². The molecule has 48 valence electrons. The molecule has 0 heterocycles. The Morgan fingerprint density at radius 1 is 1.50 bits per heavy atom. The first kappa shape index (κ1) is 17.8. The van der Waals surface area contributed by atoms with Crippen LogP contribution < -0.4 is 80.0 Å². The molecule has 0 aliphatic carbocycles. The van der Waals surface area contributed by atoms with Gasteiger partial charge in [0, 0.05) is 6.92 Å². The molecule has 0 atom stereocenters. The number of rotatable bonds is 1. The molecule has 0 N–H and O–H groups in total. The van der Waals surface area contributed by atoms with E-state index in [-0.39, 0.29) is 70.2 Å². The van der Waals surface area contributed by atoms with Gasteiger partial charge in [0.1, 0.15) is 7.82 Å². The second-order valence-corrected chi connectivity index (χ2v) is 2.11. The molecule has 0 amide bonds. The molecule has 0 aromatic carbocycles. The second kappa shape index (κ2) is 7.50. The molecular formula is C2H3KLiO5P. The van der Waals surface area contributed by atoms with Gasteiger partial charge in [-0.1, -0.05) is 0 Å². The fourth-order valence-electron chi connectivity index (χ4n) is 0.157. The molecular weight excluding hydrogens is 181 g/mol. The predicted molar refractivity (Wildman–Crippen MR) is 19.4 cm³/mol. The summed E-state index contributed by atoms with van der Waals surface area (Å²) >= 11 is 0. The fraction of sp³-hybridized carbons (Fsp3) is 0.500. The topological polar surface area (TPSA) is 89.5 Å². The van der Waals surface area contributed by atoms with Crippen LogP contribution in [0, 0.1) is 0 Å². The van der Waals surface area contributed by atoms with Gasteiger partial charge in [-0.3, -0.25) is 4.79 Å². The standard InChI is InChI=1S/C2H5O5P.K.Li/c1-2(3)7-8(4,5)6;;/h1H3,(H2,4,5,6);;/q;2*+1/p-2. The zero-order valence-electron chi connectivity index (χ0n) is 5.99. The molecule has 0 aliphatic heterocycles. The van der Waals surface area contributed by atoms with Crippen LogP contribution in [0.3, 0.4) is 0 Å². The third-order valence-corrected chi connectivity index (χ3v) is 0.721. The molecule has 0 unspecified atom stereocenters. The summed E-state index contributed by atoms with van der Waals surface area (Å²) in [5.41, 5.74) is 0. The largest absolute Gasteiger partial charge is 1.00 e. The molecule has 0 aromatic rings. The van der Waals surface area contributed by atoms with Gasteiger partial charge >= 0.3 is 76.2 Å². The van der Waals surface area contributed by atoms with Gasteiger partial charge in [-0.05, 0) is 0 Å². The van der Waals surface area contributed by atoms with E-state index in [0.29, 0.717) is 0 Å². The van der Waals surface area contributed by atoms with E-state index in [1.807, 2.05) is 0 Å². The zero-order chi connectivity index (χ0) is 6.78. The summed E-state index contributed by atoms with van der Waals surface area (Å²) in [6.45, 7) is 0.836. The van der Waals surface area contributed by atoms with Crippen LogP contribution >= 0.6 is 7.82 Å². The third-order valence-electron chi connectivity index (χ3n) is 0.240. The van der Waals surface area contributed by atoms with Crippen LogP contribution in [0.1, 0.15) is 6.92 Å². The summed E-state index contributed by atoms with van der Waals surface area (Å²) in [4.78, 5) is 28.6. The molecule has 0 aromatic heterocycles. The van der Waals surface area contributed by atoms with Crippen molar-refractivity contribution in [2.75, 3.05) is 0 Å². The van der Waals surface area contributed by atoms with E-state index in [1.165, 1.54) is 0 Å². The van der Waals surface area contributed by atoms with Gasteiger partial charge in [-0.2, -0.15) is 0 Å². The Morgan fingerprint density at radius 3 is 1.80 bits per heavy atom. The molecule has 8 heteroatoms. The zero-order valence-corrected chi connectivity index (χ0v) is 10.0. The Kier molecular flexibility index (Phi) is 13.4. The van der Waals surface area contributed by atoms with Gasteiger partial charge in [-0.15, -0.1) is 0 Å². The molecule has 10 heavy (non-hydrogen) atoms. The van der Waals surface area contributed by atoms with Crippen molar-refractivity contribution in [2.45, 2.75) is 6.92 Å². The maximum absolute atomic E-state index is 9.66. The van der Waals surface area contributed by atoms with Crippen LogP contribution in [0.25, 0.3) is 0 Å². The van der Waals surface area contributed by atoms with Gasteiger partial charge < -0.3 is 18.9 Å². The summed E-state index contributed by atoms with van der Waals surface area (Å²) in [5, 5.41) is 0. The Morgan fingerprint density at radius 2 is 1.80 bits per heavy atom. The summed E-state index contributed by atoms with van der Waals surface area (Å²) in [7, 11) is -5.07. The third kappa shape index (κ3) is 16.4. The molecule has 5 nitrogen and oxygen atoms in total. The number of phosphoric ester groups is 1. The van der Waals surface area contributed by atoms with Crippen molar-refractivity contribution in [2.24, 2.45) is 0 Å². The Labute approximate surface area is 113 Å². The first-order chi connectivity index (χ1) is 3.42. The van der Waals surface area contributed by atoms with Crippen molar-refractivity contribution >= 4 is 13.8 Å². The Balaban J connectivity index is -0.000000245. The van der Waals surface area contributed by atoms with Crippen molar-refractivity contribution in [3.63, 3.8) is 0 Å². The van der Waals surface area contributed by atoms with E-state index in [2.05, 4.69) is 4.52 Å². The molecule has 0 bridgehead atoms. The van der Waals surface area contributed by atoms with Crippen LogP contribution in [0.4, 0.5) is 0 Å². The van der Waals surface area contributed by atoms with E-state index in [4.69, 9.17) is 0 Å². The van der Waals surface area contributed by atoms with Crippen LogP contribution in [0.15, 0.2) is 0 Å². The van der Waals surface area contributed by atoms with E-state index >= 15 is 0 Å². The van der Waals surface area contributed by atoms with E-state index in [0.717, 1.165) is 6.92 Å². The van der Waals surface area contributed by atoms with Crippen molar-refractivity contribution < 1.29 is 93.9 Å². The van der Waals surface area contributed by atoms with Crippen LogP contribution in [0.5, 0.6) is 0 Å². The summed E-state index contributed by atoms with van der Waals surface area (Å²) < 4.78 is 12.7. The van der Waals surface area contributed by atoms with Gasteiger partial charge in [0.15, 0.2) is 0 Å². The molecule has 0 saturated heterocycles. The van der Waals surface area contributed by atoms with Crippen LogP contribution in [-0.4, -0.2) is 5.97 Å². The minimum atomic E-state index is -5.07. The van der Waals surface area contributed by atoms with Gasteiger partial charge in [0.05, 0.1) is 0 Å². The summed E-state index contributed by atoms with van der Waals surface area (Å²) in [5.74, 6) is -1.11. The van der Waals surface area contributed by atoms with Crippen LogP contribution in [0.2, 0.25) is 0 Å². The van der Waals surface area contributed by atoms with Crippen molar-refractivity contribution in [1.29, 1.82) is 0 Å². The number of phosphoric acid groups is 1. The molecule has 0 rings (SSSR count). The molecule has 0 fully saturated rings. The quantitative estimate of drug-likeness (QED) is 0.298. The predicted octanol–water partition coefficient (Wildman–Crippen LogP) is -7.61. The van der Waals surface area contributed by atoms with E-state index < -0.39 is 13.8 Å². The monoisotopic (exact) mass is 184 g/mol. The first-order valence-corrected chi connectivity index (χ1v) is 3.10. The molecule has 0 aliphatic rings. The summed E-state index contributed by atoms with van der Waals surface area (Å²) in [6.07, 6.45) is 0. The minimum Gasteiger partial charge on any atom is -0.780 e. The maximum atomic E-state index is 9.66. The number of carbonyl (C=O) groups is 1. The Hall–Kier alpha value is 1.85. The molecule has 0 spiro atoms. The van der Waals surface area contributed by atoms with E-state index in [9.17, 15) is 19.1 Å². The fourth-order valence-corrected chi connectivity index (χ4v) is 0.472. The van der Waals surface area contributed by atoms with E-state index in [1.54, 1.807) is 0 Å². The minimum absolute atomic E-state index is 0. The number of hydrogen-bond acceptors (Lipinski definition) is 5. The van der Waals surface area contributed by atoms with Gasteiger partial charge in [-0.25, -0.2) is 0 Å². The van der Waals surface area contributed by atoms with Gasteiger partial charge in [0.25, 0.3) is 0 Å². The summed E-state index contributed by atoms with van der Waals surface area (Å²) in [6, 6.07) is 0. The maximum Gasteiger partial charge on any atom is 1.00 e. The SMILES string of the molecule is CC(=O)OP(=O)([O-])[O-].[K+].[Li+].